The van der Waals surface area contributed by atoms with Crippen molar-refractivity contribution in [1.29, 1.82) is 0 Å². The molecule has 1 amide bonds. The van der Waals surface area contributed by atoms with Gasteiger partial charge in [0.25, 0.3) is 5.91 Å². The second-order valence-electron chi connectivity index (χ2n) is 7.08. The molecule has 162 valence electrons. The first-order valence-electron chi connectivity index (χ1n) is 9.76. The molecular formula is C22H28FN2O5+. The molecule has 0 aliphatic carbocycles. The SMILES string of the molecule is COc1ccc(F)cc1C[NH+]1CCN(C(=O)c2cc(OC)c(OC)cc2OC)CC1. The van der Waals surface area contributed by atoms with Crippen LogP contribution in [0.15, 0.2) is 30.3 Å². The van der Waals surface area contributed by atoms with Gasteiger partial charge >= 0.3 is 0 Å². The maximum absolute atomic E-state index is 13.6. The highest BCUT2D eigenvalue weighted by Gasteiger charge is 2.28. The molecule has 30 heavy (non-hydrogen) atoms. The Bertz CT molecular complexity index is 897. The summed E-state index contributed by atoms with van der Waals surface area (Å²) in [5, 5.41) is 0. The van der Waals surface area contributed by atoms with Crippen molar-refractivity contribution in [1.82, 2.24) is 4.90 Å². The van der Waals surface area contributed by atoms with Crippen LogP contribution in [-0.4, -0.2) is 65.4 Å². The number of carbonyl (C=O) groups excluding carboxylic acids is 1. The highest BCUT2D eigenvalue weighted by molar-refractivity contribution is 5.98. The number of ether oxygens (including phenoxy) is 4. The van der Waals surface area contributed by atoms with E-state index < -0.39 is 0 Å². The molecule has 2 aromatic carbocycles. The fourth-order valence-corrected chi connectivity index (χ4v) is 3.72. The molecule has 1 N–H and O–H groups in total. The predicted octanol–water partition coefficient (Wildman–Crippen LogP) is 1.40. The van der Waals surface area contributed by atoms with E-state index in [1.54, 1.807) is 30.2 Å². The number of hydrogen-bond acceptors (Lipinski definition) is 5. The van der Waals surface area contributed by atoms with Gasteiger partial charge in [-0.15, -0.1) is 0 Å². The molecule has 0 spiro atoms. The fraction of sp³-hybridized carbons (Fsp3) is 0.409. The van der Waals surface area contributed by atoms with Gasteiger partial charge in [0.1, 0.15) is 23.9 Å². The lowest BCUT2D eigenvalue weighted by atomic mass is 10.1. The number of carbonyl (C=O) groups is 1. The molecule has 0 unspecified atom stereocenters. The Hall–Kier alpha value is -3.00. The van der Waals surface area contributed by atoms with Crippen LogP contribution >= 0.6 is 0 Å². The minimum absolute atomic E-state index is 0.116. The Morgan fingerprint density at radius 2 is 1.50 bits per heavy atom. The summed E-state index contributed by atoms with van der Waals surface area (Å²) in [6.07, 6.45) is 0. The highest BCUT2D eigenvalue weighted by Crippen LogP contribution is 2.35. The normalized spacial score (nSPS) is 14.4. The van der Waals surface area contributed by atoms with E-state index in [-0.39, 0.29) is 11.7 Å². The number of piperazine rings is 1. The van der Waals surface area contributed by atoms with E-state index in [0.29, 0.717) is 48.2 Å². The van der Waals surface area contributed by atoms with Crippen molar-refractivity contribution in [2.45, 2.75) is 6.54 Å². The van der Waals surface area contributed by atoms with Crippen LogP contribution < -0.4 is 23.8 Å². The predicted molar refractivity (Wildman–Crippen MR) is 109 cm³/mol. The van der Waals surface area contributed by atoms with Crippen LogP contribution in [0.1, 0.15) is 15.9 Å². The van der Waals surface area contributed by atoms with Gasteiger partial charge < -0.3 is 28.7 Å². The van der Waals surface area contributed by atoms with Crippen molar-refractivity contribution in [2.75, 3.05) is 54.6 Å². The number of nitrogens with zero attached hydrogens (tertiary/aromatic N) is 1. The minimum atomic E-state index is -0.278. The summed E-state index contributed by atoms with van der Waals surface area (Å²) in [6.45, 7) is 3.32. The summed E-state index contributed by atoms with van der Waals surface area (Å²) < 4.78 is 35.0. The van der Waals surface area contributed by atoms with Crippen LogP contribution in [0.3, 0.4) is 0 Å². The number of nitrogens with one attached hydrogen (secondary N) is 1. The smallest absolute Gasteiger partial charge is 0.258 e. The number of rotatable bonds is 7. The molecule has 1 aliphatic rings. The lowest BCUT2D eigenvalue weighted by molar-refractivity contribution is -0.917. The third-order valence-electron chi connectivity index (χ3n) is 5.38. The molecule has 0 bridgehead atoms. The molecule has 3 rings (SSSR count). The summed E-state index contributed by atoms with van der Waals surface area (Å²) in [5.74, 6) is 1.71. The molecule has 0 saturated carbocycles. The molecule has 2 aromatic rings. The third kappa shape index (κ3) is 4.59. The summed E-state index contributed by atoms with van der Waals surface area (Å²) >= 11 is 0. The van der Waals surface area contributed by atoms with Crippen LogP contribution in [0.25, 0.3) is 0 Å². The van der Waals surface area contributed by atoms with Crippen molar-refractivity contribution < 1.29 is 33.0 Å². The van der Waals surface area contributed by atoms with E-state index in [9.17, 15) is 9.18 Å². The van der Waals surface area contributed by atoms with Crippen LogP contribution in [0.4, 0.5) is 4.39 Å². The Morgan fingerprint density at radius 1 is 0.900 bits per heavy atom. The lowest BCUT2D eigenvalue weighted by Gasteiger charge is -2.32. The summed E-state index contributed by atoms with van der Waals surface area (Å²) in [6, 6.07) is 7.86. The molecule has 1 saturated heterocycles. The zero-order chi connectivity index (χ0) is 21.7. The van der Waals surface area contributed by atoms with Gasteiger partial charge in [0.15, 0.2) is 11.5 Å². The van der Waals surface area contributed by atoms with Gasteiger partial charge in [-0.2, -0.15) is 0 Å². The van der Waals surface area contributed by atoms with Crippen LogP contribution in [-0.2, 0) is 6.54 Å². The first-order chi connectivity index (χ1) is 14.5. The Kier molecular flexibility index (Phi) is 6.99. The summed E-state index contributed by atoms with van der Waals surface area (Å²) in [7, 11) is 6.17. The van der Waals surface area contributed by atoms with Gasteiger partial charge in [-0.1, -0.05) is 0 Å². The highest BCUT2D eigenvalue weighted by atomic mass is 19.1. The number of halogens is 1. The summed E-state index contributed by atoms with van der Waals surface area (Å²) in [5.41, 5.74) is 1.26. The van der Waals surface area contributed by atoms with Gasteiger partial charge in [0.05, 0.1) is 65.7 Å². The molecule has 0 aromatic heterocycles. The molecule has 1 heterocycles. The number of hydrogen-bond donors (Lipinski definition) is 1. The van der Waals surface area contributed by atoms with E-state index in [1.165, 1.54) is 38.4 Å². The molecule has 0 radical (unpaired) electrons. The standard InChI is InChI=1S/C22H27FN2O5/c1-27-18-6-5-16(23)11-15(18)14-24-7-9-25(10-8-24)22(26)17-12-20(29-3)21(30-4)13-19(17)28-2/h5-6,11-13H,7-10,14H2,1-4H3/p+1. The fourth-order valence-electron chi connectivity index (χ4n) is 3.72. The van der Waals surface area contributed by atoms with Crippen LogP contribution in [0.5, 0.6) is 23.0 Å². The van der Waals surface area contributed by atoms with E-state index >= 15 is 0 Å². The number of amides is 1. The van der Waals surface area contributed by atoms with Gasteiger partial charge in [-0.3, -0.25) is 4.79 Å². The molecule has 1 aliphatic heterocycles. The van der Waals surface area contributed by atoms with E-state index in [4.69, 9.17) is 18.9 Å². The average Bonchev–Trinajstić information content (AvgIpc) is 2.78. The molecule has 1 fully saturated rings. The number of benzene rings is 2. The van der Waals surface area contributed by atoms with E-state index in [2.05, 4.69) is 0 Å². The Labute approximate surface area is 175 Å². The zero-order valence-electron chi connectivity index (χ0n) is 17.8. The lowest BCUT2D eigenvalue weighted by Crippen LogP contribution is -3.13. The minimum Gasteiger partial charge on any atom is -0.496 e. The second-order valence-corrected chi connectivity index (χ2v) is 7.08. The largest absolute Gasteiger partial charge is 0.496 e. The first-order valence-corrected chi connectivity index (χ1v) is 9.76. The van der Waals surface area contributed by atoms with Gasteiger partial charge in [0.2, 0.25) is 0 Å². The third-order valence-corrected chi connectivity index (χ3v) is 5.38. The van der Waals surface area contributed by atoms with Crippen molar-refractivity contribution in [3.63, 3.8) is 0 Å². The van der Waals surface area contributed by atoms with Crippen molar-refractivity contribution in [3.8, 4) is 23.0 Å². The second kappa shape index (κ2) is 9.67. The molecule has 8 heteroatoms. The first kappa shape index (κ1) is 21.7. The Morgan fingerprint density at radius 3 is 2.10 bits per heavy atom. The average molecular weight is 419 g/mol. The number of quaternary nitrogens is 1. The zero-order valence-corrected chi connectivity index (χ0v) is 17.8. The number of methoxy groups -OCH3 is 4. The molecule has 0 atom stereocenters. The van der Waals surface area contributed by atoms with Gasteiger partial charge in [0, 0.05) is 12.1 Å². The topological polar surface area (TPSA) is 61.7 Å². The monoisotopic (exact) mass is 419 g/mol. The van der Waals surface area contributed by atoms with Gasteiger partial charge in [-0.25, -0.2) is 4.39 Å². The quantitative estimate of drug-likeness (QED) is 0.735. The molecule has 7 nitrogen and oxygen atoms in total. The maximum Gasteiger partial charge on any atom is 0.258 e. The maximum atomic E-state index is 13.6. The van der Waals surface area contributed by atoms with E-state index in [0.717, 1.165) is 18.7 Å². The van der Waals surface area contributed by atoms with Crippen molar-refractivity contribution in [2.24, 2.45) is 0 Å². The molecular weight excluding hydrogens is 391 g/mol. The van der Waals surface area contributed by atoms with Gasteiger partial charge in [-0.05, 0) is 18.2 Å². The summed E-state index contributed by atoms with van der Waals surface area (Å²) in [4.78, 5) is 16.2. The van der Waals surface area contributed by atoms with Crippen molar-refractivity contribution >= 4 is 5.91 Å². The van der Waals surface area contributed by atoms with E-state index in [1.807, 2.05) is 0 Å². The van der Waals surface area contributed by atoms with Crippen molar-refractivity contribution in [3.05, 3.63) is 47.3 Å². The Balaban J connectivity index is 1.69. The van der Waals surface area contributed by atoms with Crippen LogP contribution in [0.2, 0.25) is 0 Å². The van der Waals surface area contributed by atoms with Crippen LogP contribution in [0, 0.1) is 5.82 Å².